The van der Waals surface area contributed by atoms with Crippen molar-refractivity contribution in [1.29, 1.82) is 0 Å². The molecule has 1 saturated carbocycles. The summed E-state index contributed by atoms with van der Waals surface area (Å²) in [5.74, 6) is 1.80. The monoisotopic (exact) mass is 418 g/mol. The smallest absolute Gasteiger partial charge is 0.126 e. The predicted octanol–water partition coefficient (Wildman–Crippen LogP) is 8.68. The van der Waals surface area contributed by atoms with Crippen LogP contribution in [-0.4, -0.2) is 0 Å². The standard InChI is InChI=1S/C30H39F/c1-3-5-7-22-9-12-24(13-10-22)27-17-18-29(30(31)21-27)28-16-15-25-19-23(8-6-4-2)11-14-26(25)20-28/h4,11,14,17-19,21-22,24,28H,2-3,5-10,12-13,15-16,20H2,1H3. The molecule has 0 spiro atoms. The molecule has 166 valence electrons. The molecule has 1 unspecified atom stereocenters. The van der Waals surface area contributed by atoms with Crippen molar-refractivity contribution in [2.45, 2.75) is 95.8 Å². The fourth-order valence-corrected chi connectivity index (χ4v) is 5.90. The van der Waals surface area contributed by atoms with E-state index in [1.54, 1.807) is 0 Å². The third kappa shape index (κ3) is 5.48. The first-order valence-corrected chi connectivity index (χ1v) is 12.7. The van der Waals surface area contributed by atoms with Gasteiger partial charge in [-0.15, -0.1) is 6.58 Å². The molecule has 0 bridgehead atoms. The molecule has 4 rings (SSSR count). The molecule has 1 heteroatoms. The van der Waals surface area contributed by atoms with Gasteiger partial charge in [0.05, 0.1) is 0 Å². The van der Waals surface area contributed by atoms with Crippen molar-refractivity contribution in [1.82, 2.24) is 0 Å². The molecule has 0 amide bonds. The average molecular weight is 419 g/mol. The molecule has 0 aliphatic heterocycles. The fraction of sp³-hybridized carbons (Fsp3) is 0.533. The van der Waals surface area contributed by atoms with Crippen molar-refractivity contribution >= 4 is 0 Å². The zero-order chi connectivity index (χ0) is 21.6. The normalized spacial score (nSPS) is 23.4. The molecule has 0 aromatic heterocycles. The molecule has 1 atom stereocenters. The molecule has 0 nitrogen and oxygen atoms in total. The summed E-state index contributed by atoms with van der Waals surface area (Å²) in [7, 11) is 0. The molecule has 2 aliphatic carbocycles. The largest absolute Gasteiger partial charge is 0.207 e. The van der Waals surface area contributed by atoms with Crippen LogP contribution in [0, 0.1) is 11.7 Å². The molecule has 0 saturated heterocycles. The highest BCUT2D eigenvalue weighted by atomic mass is 19.1. The highest BCUT2D eigenvalue weighted by Crippen LogP contribution is 2.40. The van der Waals surface area contributed by atoms with E-state index in [0.717, 1.165) is 43.6 Å². The Morgan fingerprint density at radius 3 is 2.55 bits per heavy atom. The van der Waals surface area contributed by atoms with Crippen LogP contribution < -0.4 is 0 Å². The fourth-order valence-electron chi connectivity index (χ4n) is 5.90. The number of hydrogen-bond donors (Lipinski definition) is 0. The Labute approximate surface area is 189 Å². The summed E-state index contributed by atoms with van der Waals surface area (Å²) in [4.78, 5) is 0. The summed E-state index contributed by atoms with van der Waals surface area (Å²) in [6, 6.07) is 13.1. The van der Waals surface area contributed by atoms with Crippen LogP contribution in [0.4, 0.5) is 4.39 Å². The summed E-state index contributed by atoms with van der Waals surface area (Å²) in [6.45, 7) is 6.11. The Hall–Kier alpha value is -1.89. The van der Waals surface area contributed by atoms with Crippen molar-refractivity contribution in [3.8, 4) is 0 Å². The highest BCUT2D eigenvalue weighted by molar-refractivity contribution is 5.38. The number of rotatable bonds is 8. The molecular formula is C30H39F. The van der Waals surface area contributed by atoms with Crippen LogP contribution in [0.25, 0.3) is 0 Å². The Bertz CT molecular complexity index is 872. The lowest BCUT2D eigenvalue weighted by Gasteiger charge is -2.30. The van der Waals surface area contributed by atoms with Crippen LogP contribution in [0.15, 0.2) is 49.1 Å². The van der Waals surface area contributed by atoms with Crippen LogP contribution in [0.1, 0.15) is 104 Å². The highest BCUT2D eigenvalue weighted by Gasteiger charge is 2.25. The minimum Gasteiger partial charge on any atom is -0.207 e. The molecule has 2 aromatic carbocycles. The first kappa shape index (κ1) is 22.3. The maximum atomic E-state index is 15.2. The van der Waals surface area contributed by atoms with E-state index in [9.17, 15) is 0 Å². The molecule has 1 fully saturated rings. The van der Waals surface area contributed by atoms with E-state index in [0.29, 0.717) is 11.8 Å². The lowest BCUT2D eigenvalue weighted by atomic mass is 9.76. The van der Waals surface area contributed by atoms with Gasteiger partial charge in [0.15, 0.2) is 0 Å². The van der Waals surface area contributed by atoms with Gasteiger partial charge in [0.25, 0.3) is 0 Å². The first-order valence-electron chi connectivity index (χ1n) is 12.7. The van der Waals surface area contributed by atoms with Crippen LogP contribution in [0.2, 0.25) is 0 Å². The van der Waals surface area contributed by atoms with Crippen molar-refractivity contribution < 1.29 is 4.39 Å². The molecule has 31 heavy (non-hydrogen) atoms. The minimum atomic E-state index is 0.0293. The summed E-state index contributed by atoms with van der Waals surface area (Å²) >= 11 is 0. The van der Waals surface area contributed by atoms with Gasteiger partial charge in [-0.25, -0.2) is 4.39 Å². The van der Waals surface area contributed by atoms with Crippen molar-refractivity contribution in [3.63, 3.8) is 0 Å². The number of hydrogen-bond acceptors (Lipinski definition) is 0. The SMILES string of the molecule is C=CCCc1ccc2c(c1)CCC(c1ccc(C3CCC(CCCC)CC3)cc1F)C2. The molecule has 0 N–H and O–H groups in total. The van der Waals surface area contributed by atoms with Gasteiger partial charge < -0.3 is 0 Å². The zero-order valence-corrected chi connectivity index (χ0v) is 19.3. The van der Waals surface area contributed by atoms with Crippen LogP contribution in [0.3, 0.4) is 0 Å². The number of benzene rings is 2. The topological polar surface area (TPSA) is 0 Å². The second kappa shape index (κ2) is 10.6. The lowest BCUT2D eigenvalue weighted by molar-refractivity contribution is 0.304. The van der Waals surface area contributed by atoms with Gasteiger partial charge in [-0.3, -0.25) is 0 Å². The second-order valence-corrected chi connectivity index (χ2v) is 10.0. The van der Waals surface area contributed by atoms with E-state index < -0.39 is 0 Å². The minimum absolute atomic E-state index is 0.0293. The van der Waals surface area contributed by atoms with Gasteiger partial charge >= 0.3 is 0 Å². The number of aryl methyl sites for hydroxylation is 2. The quantitative estimate of drug-likeness (QED) is 0.376. The van der Waals surface area contributed by atoms with E-state index in [-0.39, 0.29) is 5.82 Å². The van der Waals surface area contributed by atoms with Gasteiger partial charge in [0.1, 0.15) is 5.82 Å². The molecule has 0 heterocycles. The van der Waals surface area contributed by atoms with Gasteiger partial charge in [-0.2, -0.15) is 0 Å². The Balaban J connectivity index is 1.39. The lowest BCUT2D eigenvalue weighted by Crippen LogP contribution is -2.16. The summed E-state index contributed by atoms with van der Waals surface area (Å²) in [5.41, 5.74) is 6.44. The molecule has 2 aromatic rings. The van der Waals surface area contributed by atoms with Crippen molar-refractivity contribution in [3.05, 3.63) is 82.7 Å². The van der Waals surface area contributed by atoms with Crippen LogP contribution in [0.5, 0.6) is 0 Å². The summed E-state index contributed by atoms with van der Waals surface area (Å²) in [5, 5.41) is 0. The third-order valence-corrected chi connectivity index (χ3v) is 7.88. The van der Waals surface area contributed by atoms with Crippen molar-refractivity contribution in [2.24, 2.45) is 5.92 Å². The maximum absolute atomic E-state index is 15.2. The van der Waals surface area contributed by atoms with E-state index in [2.05, 4.69) is 43.8 Å². The first-order chi connectivity index (χ1) is 15.2. The number of unbranched alkanes of at least 4 members (excludes halogenated alkanes) is 1. The predicted molar refractivity (Wildman–Crippen MR) is 130 cm³/mol. The Morgan fingerprint density at radius 1 is 0.968 bits per heavy atom. The summed E-state index contributed by atoms with van der Waals surface area (Å²) < 4.78 is 15.2. The number of allylic oxidation sites excluding steroid dienone is 1. The van der Waals surface area contributed by atoms with Crippen LogP contribution in [-0.2, 0) is 19.3 Å². The molecule has 0 radical (unpaired) electrons. The molecular weight excluding hydrogens is 379 g/mol. The second-order valence-electron chi connectivity index (χ2n) is 10.0. The van der Waals surface area contributed by atoms with Gasteiger partial charge in [0.2, 0.25) is 0 Å². The van der Waals surface area contributed by atoms with Gasteiger partial charge in [0, 0.05) is 0 Å². The van der Waals surface area contributed by atoms with E-state index in [1.165, 1.54) is 67.2 Å². The third-order valence-electron chi connectivity index (χ3n) is 7.88. The Kier molecular flexibility index (Phi) is 7.64. The maximum Gasteiger partial charge on any atom is 0.126 e. The van der Waals surface area contributed by atoms with E-state index >= 15 is 4.39 Å². The molecule has 2 aliphatic rings. The summed E-state index contributed by atoms with van der Waals surface area (Å²) in [6.07, 6.45) is 16.3. The number of fused-ring (bicyclic) bond motifs is 1. The average Bonchev–Trinajstić information content (AvgIpc) is 2.81. The van der Waals surface area contributed by atoms with E-state index in [4.69, 9.17) is 0 Å². The Morgan fingerprint density at radius 2 is 1.81 bits per heavy atom. The van der Waals surface area contributed by atoms with Crippen LogP contribution >= 0.6 is 0 Å². The van der Waals surface area contributed by atoms with Crippen molar-refractivity contribution in [2.75, 3.05) is 0 Å². The van der Waals surface area contributed by atoms with Gasteiger partial charge in [-0.1, -0.05) is 62.6 Å². The zero-order valence-electron chi connectivity index (χ0n) is 19.3. The van der Waals surface area contributed by atoms with Gasteiger partial charge in [-0.05, 0) is 109 Å². The van der Waals surface area contributed by atoms with E-state index in [1.807, 2.05) is 12.1 Å². The number of halogens is 1.